The summed E-state index contributed by atoms with van der Waals surface area (Å²) in [6, 6.07) is 6.20. The van der Waals surface area contributed by atoms with Crippen LogP contribution in [0.5, 0.6) is 0 Å². The van der Waals surface area contributed by atoms with Crippen LogP contribution in [0.1, 0.15) is 5.56 Å². The van der Waals surface area contributed by atoms with Crippen LogP contribution >= 0.6 is 15.9 Å². The molecular weight excluding hydrogens is 265 g/mol. The third-order valence-corrected chi connectivity index (χ3v) is 2.65. The predicted molar refractivity (Wildman–Crippen MR) is 55.5 cm³/mol. The van der Waals surface area contributed by atoms with Gasteiger partial charge in [0.05, 0.1) is 12.2 Å². The second-order valence-electron chi connectivity index (χ2n) is 2.92. The zero-order valence-electron chi connectivity index (χ0n) is 7.58. The number of aliphatic hydroxyl groups excluding tert-OH is 1. The van der Waals surface area contributed by atoms with E-state index in [-0.39, 0.29) is 6.61 Å². The lowest BCUT2D eigenvalue weighted by Gasteiger charge is -1.99. The van der Waals surface area contributed by atoms with Crippen LogP contribution in [-0.2, 0) is 6.61 Å². The molecule has 0 fully saturated rings. The second-order valence-corrected chi connectivity index (χ2v) is 3.64. The van der Waals surface area contributed by atoms with Crippen LogP contribution in [0.3, 0.4) is 0 Å². The fourth-order valence-electron chi connectivity index (χ4n) is 1.29. The number of halogens is 2. The van der Waals surface area contributed by atoms with Crippen molar-refractivity contribution < 1.29 is 14.0 Å². The topological polar surface area (TPSA) is 46.3 Å². The smallest absolute Gasteiger partial charge is 0.208 e. The molecule has 2 rings (SSSR count). The molecule has 0 saturated carbocycles. The molecule has 0 unspecified atom stereocenters. The molecule has 78 valence electrons. The fourth-order valence-corrected chi connectivity index (χ4v) is 1.68. The largest absolute Gasteiger partial charge is 0.391 e. The molecule has 0 bridgehead atoms. The number of benzene rings is 1. The van der Waals surface area contributed by atoms with E-state index in [4.69, 9.17) is 9.63 Å². The monoisotopic (exact) mass is 271 g/mol. The predicted octanol–water partition coefficient (Wildman–Crippen LogP) is 2.74. The molecule has 3 nitrogen and oxygen atoms in total. The Labute approximate surface area is 93.6 Å². The van der Waals surface area contributed by atoms with E-state index in [1.165, 1.54) is 6.07 Å². The Kier molecular flexibility index (Phi) is 2.83. The van der Waals surface area contributed by atoms with Crippen LogP contribution in [0.15, 0.2) is 33.5 Å². The molecule has 0 aliphatic carbocycles. The number of aliphatic hydroxyl groups is 1. The van der Waals surface area contributed by atoms with Crippen LogP contribution in [0.25, 0.3) is 11.3 Å². The molecule has 1 aromatic carbocycles. The molecule has 0 spiro atoms. The molecule has 0 aliphatic rings. The van der Waals surface area contributed by atoms with Crippen LogP contribution in [-0.4, -0.2) is 10.3 Å². The van der Waals surface area contributed by atoms with E-state index >= 15 is 0 Å². The first kappa shape index (κ1) is 10.3. The molecule has 15 heavy (non-hydrogen) atoms. The van der Waals surface area contributed by atoms with E-state index in [0.29, 0.717) is 21.5 Å². The molecule has 0 atom stereocenters. The van der Waals surface area contributed by atoms with Crippen molar-refractivity contribution in [2.24, 2.45) is 0 Å². The van der Waals surface area contributed by atoms with Crippen LogP contribution in [0, 0.1) is 5.82 Å². The van der Waals surface area contributed by atoms with E-state index in [2.05, 4.69) is 21.1 Å². The van der Waals surface area contributed by atoms with Crippen LogP contribution in [0.4, 0.5) is 4.39 Å². The summed E-state index contributed by atoms with van der Waals surface area (Å²) in [4.78, 5) is 0. The number of hydrogen-bond donors (Lipinski definition) is 1. The summed E-state index contributed by atoms with van der Waals surface area (Å²) in [5, 5.41) is 12.8. The maximum atomic E-state index is 13.4. The van der Waals surface area contributed by atoms with Gasteiger partial charge in [0.1, 0.15) is 11.5 Å². The van der Waals surface area contributed by atoms with Crippen molar-refractivity contribution in [1.29, 1.82) is 0 Å². The summed E-state index contributed by atoms with van der Waals surface area (Å²) in [7, 11) is 0. The third-order valence-electron chi connectivity index (χ3n) is 2.03. The highest BCUT2D eigenvalue weighted by Crippen LogP contribution is 2.30. The van der Waals surface area contributed by atoms with E-state index in [0.717, 1.165) is 0 Å². The molecular formula is C10H7BrFNO2. The van der Waals surface area contributed by atoms with Crippen molar-refractivity contribution in [1.82, 2.24) is 5.16 Å². The summed E-state index contributed by atoms with van der Waals surface area (Å²) in [6.45, 7) is -0.256. The molecule has 1 heterocycles. The highest BCUT2D eigenvalue weighted by molar-refractivity contribution is 9.10. The standard InChI is InChI=1S/C10H7BrFNO2/c11-10-7(5-14)9(13-15-10)6-3-1-2-4-8(6)12/h1-4,14H,5H2. The highest BCUT2D eigenvalue weighted by Gasteiger charge is 2.17. The number of nitrogens with zero attached hydrogens (tertiary/aromatic N) is 1. The minimum absolute atomic E-state index is 0.256. The SMILES string of the molecule is OCc1c(-c2ccccc2F)noc1Br. The van der Waals surface area contributed by atoms with Gasteiger partial charge in [-0.05, 0) is 28.1 Å². The van der Waals surface area contributed by atoms with E-state index in [9.17, 15) is 4.39 Å². The number of rotatable bonds is 2. The van der Waals surface area contributed by atoms with Gasteiger partial charge in [-0.1, -0.05) is 17.3 Å². The molecule has 1 N–H and O–H groups in total. The van der Waals surface area contributed by atoms with Gasteiger partial charge in [-0.25, -0.2) is 4.39 Å². The minimum atomic E-state index is -0.395. The molecule has 1 aromatic heterocycles. The number of hydrogen-bond acceptors (Lipinski definition) is 3. The summed E-state index contributed by atoms with van der Waals surface area (Å²) in [6.07, 6.45) is 0. The lowest BCUT2D eigenvalue weighted by atomic mass is 10.1. The molecule has 2 aromatic rings. The quantitative estimate of drug-likeness (QED) is 0.914. The molecule has 0 amide bonds. The highest BCUT2D eigenvalue weighted by atomic mass is 79.9. The lowest BCUT2D eigenvalue weighted by Crippen LogP contribution is -1.89. The van der Waals surface area contributed by atoms with Crippen molar-refractivity contribution in [2.45, 2.75) is 6.61 Å². The Morgan fingerprint density at radius 2 is 2.13 bits per heavy atom. The first-order chi connectivity index (χ1) is 7.24. The Balaban J connectivity index is 2.59. The maximum absolute atomic E-state index is 13.4. The van der Waals surface area contributed by atoms with Gasteiger partial charge in [-0.15, -0.1) is 0 Å². The fraction of sp³-hybridized carbons (Fsp3) is 0.100. The summed E-state index contributed by atoms with van der Waals surface area (Å²) in [5.74, 6) is -0.395. The Hall–Kier alpha value is -1.20. The molecule has 0 aliphatic heterocycles. The normalized spacial score (nSPS) is 10.6. The molecule has 5 heteroatoms. The van der Waals surface area contributed by atoms with Gasteiger partial charge in [0.15, 0.2) is 0 Å². The van der Waals surface area contributed by atoms with Crippen molar-refractivity contribution in [2.75, 3.05) is 0 Å². The van der Waals surface area contributed by atoms with Gasteiger partial charge in [0.25, 0.3) is 0 Å². The van der Waals surface area contributed by atoms with Gasteiger partial charge in [0, 0.05) is 5.56 Å². The average molecular weight is 272 g/mol. The van der Waals surface area contributed by atoms with E-state index in [1.54, 1.807) is 18.2 Å². The van der Waals surface area contributed by atoms with Crippen molar-refractivity contribution in [3.05, 3.63) is 40.3 Å². The first-order valence-electron chi connectivity index (χ1n) is 4.24. The first-order valence-corrected chi connectivity index (χ1v) is 5.03. The van der Waals surface area contributed by atoms with Crippen molar-refractivity contribution in [3.8, 4) is 11.3 Å². The van der Waals surface area contributed by atoms with Gasteiger partial charge >= 0.3 is 0 Å². The van der Waals surface area contributed by atoms with E-state index in [1.807, 2.05) is 0 Å². The summed E-state index contributed by atoms with van der Waals surface area (Å²) >= 11 is 3.09. The Bertz CT molecular complexity index is 484. The average Bonchev–Trinajstić information content (AvgIpc) is 2.60. The Morgan fingerprint density at radius 3 is 2.80 bits per heavy atom. The van der Waals surface area contributed by atoms with Gasteiger partial charge < -0.3 is 9.63 Å². The molecule has 0 saturated heterocycles. The van der Waals surface area contributed by atoms with Gasteiger partial charge in [-0.3, -0.25) is 0 Å². The van der Waals surface area contributed by atoms with Crippen LogP contribution < -0.4 is 0 Å². The second kappa shape index (κ2) is 4.12. The maximum Gasteiger partial charge on any atom is 0.208 e. The zero-order chi connectivity index (χ0) is 10.8. The number of aromatic nitrogens is 1. The molecule has 0 radical (unpaired) electrons. The van der Waals surface area contributed by atoms with Crippen LogP contribution in [0.2, 0.25) is 0 Å². The summed E-state index contributed by atoms with van der Waals surface area (Å²) in [5.41, 5.74) is 1.08. The lowest BCUT2D eigenvalue weighted by molar-refractivity contribution is 0.278. The summed E-state index contributed by atoms with van der Waals surface area (Å²) < 4.78 is 18.6. The third kappa shape index (κ3) is 1.80. The van der Waals surface area contributed by atoms with Gasteiger partial charge in [0.2, 0.25) is 4.67 Å². The van der Waals surface area contributed by atoms with Crippen molar-refractivity contribution >= 4 is 15.9 Å². The van der Waals surface area contributed by atoms with E-state index < -0.39 is 5.82 Å². The van der Waals surface area contributed by atoms with Crippen molar-refractivity contribution in [3.63, 3.8) is 0 Å². The minimum Gasteiger partial charge on any atom is -0.391 e. The van der Waals surface area contributed by atoms with Gasteiger partial charge in [-0.2, -0.15) is 0 Å². The zero-order valence-corrected chi connectivity index (χ0v) is 9.16. The Morgan fingerprint density at radius 1 is 1.40 bits per heavy atom.